The Hall–Kier alpha value is -0.520. The van der Waals surface area contributed by atoms with Crippen LogP contribution < -0.4 is 5.32 Å². The van der Waals surface area contributed by atoms with Gasteiger partial charge in [0, 0.05) is 25.0 Å². The number of nitrogens with zero attached hydrogens (tertiary/aromatic N) is 2. The van der Waals surface area contributed by atoms with Gasteiger partial charge in [-0.25, -0.2) is 9.97 Å². The van der Waals surface area contributed by atoms with Gasteiger partial charge in [-0.2, -0.15) is 11.8 Å². The van der Waals surface area contributed by atoms with Gasteiger partial charge in [-0.3, -0.25) is 0 Å². The molecule has 0 amide bonds. The number of anilines is 1. The smallest absolute Gasteiger partial charge is 0.158 e. The molecule has 1 N–H and O–H groups in total. The lowest BCUT2D eigenvalue weighted by Gasteiger charge is -2.11. The van der Waals surface area contributed by atoms with Crippen LogP contribution in [0.2, 0.25) is 5.15 Å². The summed E-state index contributed by atoms with van der Waals surface area (Å²) in [7, 11) is 1.60. The second-order valence-corrected chi connectivity index (χ2v) is 5.02. The number of methoxy groups -OCH3 is 1. The zero-order valence-corrected chi connectivity index (χ0v) is 11.2. The van der Waals surface area contributed by atoms with Gasteiger partial charge in [-0.05, 0) is 6.26 Å². The highest BCUT2D eigenvalue weighted by atomic mass is 35.5. The third-order valence-corrected chi connectivity index (χ3v) is 3.15. The summed E-state index contributed by atoms with van der Waals surface area (Å²) in [5.41, 5.74) is 0. The monoisotopic (exact) mass is 261 g/mol. The Morgan fingerprint density at radius 3 is 2.94 bits per heavy atom. The maximum absolute atomic E-state index is 5.88. The highest BCUT2D eigenvalue weighted by Crippen LogP contribution is 2.13. The van der Waals surface area contributed by atoms with Crippen LogP contribution in [0.4, 0.5) is 5.82 Å². The van der Waals surface area contributed by atoms with Crippen molar-refractivity contribution in [1.29, 1.82) is 0 Å². The van der Waals surface area contributed by atoms with Crippen LogP contribution in [-0.2, 0) is 11.3 Å². The first kappa shape index (κ1) is 13.5. The van der Waals surface area contributed by atoms with Crippen LogP contribution >= 0.6 is 23.4 Å². The minimum absolute atomic E-state index is 0.368. The fourth-order valence-electron chi connectivity index (χ4n) is 1.08. The largest absolute Gasteiger partial charge is 0.377 e. The summed E-state index contributed by atoms with van der Waals surface area (Å²) >= 11 is 7.68. The fraction of sp³-hybridized carbons (Fsp3) is 0.600. The standard InChI is InChI=1S/C10H16ClN3OS/c1-7(16-3)5-12-9-4-8(11)13-10(14-9)6-15-2/h4,7H,5-6H2,1-3H3,(H,12,13,14). The first-order valence-corrected chi connectivity index (χ1v) is 6.61. The first-order valence-electron chi connectivity index (χ1n) is 4.94. The third-order valence-electron chi connectivity index (χ3n) is 1.99. The minimum atomic E-state index is 0.368. The Morgan fingerprint density at radius 1 is 1.56 bits per heavy atom. The van der Waals surface area contributed by atoms with Gasteiger partial charge in [0.25, 0.3) is 0 Å². The van der Waals surface area contributed by atoms with E-state index >= 15 is 0 Å². The van der Waals surface area contributed by atoms with Crippen LogP contribution in [0.25, 0.3) is 0 Å². The summed E-state index contributed by atoms with van der Waals surface area (Å²) in [4.78, 5) is 8.34. The summed E-state index contributed by atoms with van der Waals surface area (Å²) in [6.07, 6.45) is 2.08. The number of thioether (sulfide) groups is 1. The van der Waals surface area contributed by atoms with E-state index in [0.717, 1.165) is 12.4 Å². The molecule has 0 saturated carbocycles. The molecule has 0 fully saturated rings. The van der Waals surface area contributed by atoms with Gasteiger partial charge in [-0.1, -0.05) is 18.5 Å². The van der Waals surface area contributed by atoms with Crippen LogP contribution in [0, 0.1) is 0 Å². The van der Waals surface area contributed by atoms with E-state index in [1.807, 2.05) is 0 Å². The van der Waals surface area contributed by atoms with Crippen molar-refractivity contribution in [3.63, 3.8) is 0 Å². The average Bonchev–Trinajstić information content (AvgIpc) is 2.25. The van der Waals surface area contributed by atoms with E-state index < -0.39 is 0 Å². The lowest BCUT2D eigenvalue weighted by atomic mass is 10.4. The van der Waals surface area contributed by atoms with E-state index in [-0.39, 0.29) is 0 Å². The number of rotatable bonds is 6. The molecule has 0 radical (unpaired) electrons. The molecule has 6 heteroatoms. The van der Waals surface area contributed by atoms with Crippen molar-refractivity contribution in [3.05, 3.63) is 17.0 Å². The van der Waals surface area contributed by atoms with Crippen LogP contribution in [0.5, 0.6) is 0 Å². The Bertz CT molecular complexity index is 338. The second kappa shape index (κ2) is 6.93. The zero-order chi connectivity index (χ0) is 12.0. The van der Waals surface area contributed by atoms with Gasteiger partial charge in [0.1, 0.15) is 17.6 Å². The molecule has 1 rings (SSSR count). The minimum Gasteiger partial charge on any atom is -0.377 e. The molecular formula is C10H16ClN3OS. The molecule has 0 aliphatic heterocycles. The number of hydrogen-bond acceptors (Lipinski definition) is 5. The van der Waals surface area contributed by atoms with Crippen molar-refractivity contribution in [2.75, 3.05) is 25.2 Å². The number of halogens is 1. The van der Waals surface area contributed by atoms with Crippen molar-refractivity contribution >= 4 is 29.2 Å². The van der Waals surface area contributed by atoms with Crippen molar-refractivity contribution in [1.82, 2.24) is 9.97 Å². The Kier molecular flexibility index (Phi) is 5.87. The second-order valence-electron chi connectivity index (χ2n) is 3.35. The quantitative estimate of drug-likeness (QED) is 0.797. The summed E-state index contributed by atoms with van der Waals surface area (Å²) in [5.74, 6) is 1.34. The predicted octanol–water partition coefficient (Wildman–Crippen LogP) is 2.44. The molecule has 1 aromatic rings. The topological polar surface area (TPSA) is 47.0 Å². The van der Waals surface area contributed by atoms with Gasteiger partial charge in [0.15, 0.2) is 5.82 Å². The molecule has 1 aromatic heterocycles. The first-order chi connectivity index (χ1) is 7.65. The highest BCUT2D eigenvalue weighted by molar-refractivity contribution is 7.99. The van der Waals surface area contributed by atoms with Crippen LogP contribution in [0.3, 0.4) is 0 Å². The Balaban J connectivity index is 2.64. The molecule has 1 atom stereocenters. The molecule has 16 heavy (non-hydrogen) atoms. The molecular weight excluding hydrogens is 246 g/mol. The number of ether oxygens (including phenoxy) is 1. The Labute approximate surface area is 105 Å². The number of aromatic nitrogens is 2. The van der Waals surface area contributed by atoms with Gasteiger partial charge in [0.05, 0.1) is 0 Å². The van der Waals surface area contributed by atoms with Gasteiger partial charge in [0.2, 0.25) is 0 Å². The Morgan fingerprint density at radius 2 is 2.31 bits per heavy atom. The molecule has 1 unspecified atom stereocenters. The summed E-state index contributed by atoms with van der Waals surface area (Å²) in [6.45, 7) is 3.37. The van der Waals surface area contributed by atoms with Gasteiger partial charge in [-0.15, -0.1) is 0 Å². The van der Waals surface area contributed by atoms with E-state index in [2.05, 4.69) is 28.5 Å². The number of nitrogens with one attached hydrogen (secondary N) is 1. The highest BCUT2D eigenvalue weighted by Gasteiger charge is 2.04. The molecule has 0 spiro atoms. The molecule has 0 saturated heterocycles. The molecule has 90 valence electrons. The zero-order valence-electron chi connectivity index (χ0n) is 9.66. The van der Waals surface area contributed by atoms with Crippen molar-refractivity contribution in [3.8, 4) is 0 Å². The van der Waals surface area contributed by atoms with E-state index in [9.17, 15) is 0 Å². The normalized spacial score (nSPS) is 12.5. The average molecular weight is 262 g/mol. The van der Waals surface area contributed by atoms with Crippen molar-refractivity contribution < 1.29 is 4.74 Å². The van der Waals surface area contributed by atoms with Crippen LogP contribution in [-0.4, -0.2) is 35.1 Å². The van der Waals surface area contributed by atoms with Gasteiger partial charge >= 0.3 is 0 Å². The summed E-state index contributed by atoms with van der Waals surface area (Å²) in [6, 6.07) is 1.72. The van der Waals surface area contributed by atoms with E-state index in [4.69, 9.17) is 16.3 Å². The van der Waals surface area contributed by atoms with E-state index in [1.165, 1.54) is 0 Å². The van der Waals surface area contributed by atoms with E-state index in [0.29, 0.717) is 22.8 Å². The summed E-state index contributed by atoms with van der Waals surface area (Å²) < 4.78 is 4.97. The third kappa shape index (κ3) is 4.55. The lowest BCUT2D eigenvalue weighted by molar-refractivity contribution is 0.178. The lowest BCUT2D eigenvalue weighted by Crippen LogP contribution is -2.14. The fourth-order valence-corrected chi connectivity index (χ4v) is 1.53. The number of hydrogen-bond donors (Lipinski definition) is 1. The van der Waals surface area contributed by atoms with Crippen LogP contribution in [0.15, 0.2) is 6.07 Å². The van der Waals surface area contributed by atoms with Crippen molar-refractivity contribution in [2.45, 2.75) is 18.8 Å². The summed E-state index contributed by atoms with van der Waals surface area (Å²) in [5, 5.41) is 4.18. The van der Waals surface area contributed by atoms with Crippen molar-refractivity contribution in [2.24, 2.45) is 0 Å². The molecule has 0 aliphatic rings. The molecule has 0 aliphatic carbocycles. The molecule has 4 nitrogen and oxygen atoms in total. The van der Waals surface area contributed by atoms with Gasteiger partial charge < -0.3 is 10.1 Å². The molecule has 1 heterocycles. The molecule has 0 bridgehead atoms. The van der Waals surface area contributed by atoms with Crippen LogP contribution in [0.1, 0.15) is 12.7 Å². The maximum atomic E-state index is 5.88. The molecule has 0 aromatic carbocycles. The maximum Gasteiger partial charge on any atom is 0.158 e. The predicted molar refractivity (Wildman–Crippen MR) is 69.2 cm³/mol. The van der Waals surface area contributed by atoms with E-state index in [1.54, 1.807) is 24.9 Å². The SMILES string of the molecule is COCc1nc(Cl)cc(NCC(C)SC)n1.